The Morgan fingerprint density at radius 1 is 0.754 bits per heavy atom. The number of imide groups is 1. The zero-order chi connectivity index (χ0) is 49.6. The van der Waals surface area contributed by atoms with Gasteiger partial charge in [0.2, 0.25) is 0 Å². The fraction of sp³-hybridized carbons (Fsp3) is 0.447. The molecule has 3 heterocycles. The van der Waals surface area contributed by atoms with E-state index in [2.05, 4.69) is 4.98 Å². The van der Waals surface area contributed by atoms with Crippen molar-refractivity contribution in [3.8, 4) is 5.75 Å². The highest BCUT2D eigenvalue weighted by Crippen LogP contribution is 2.53. The van der Waals surface area contributed by atoms with Crippen LogP contribution in [0.3, 0.4) is 0 Å². The number of aromatic nitrogens is 2. The first kappa shape index (κ1) is 52.5. The Bertz CT molecular complexity index is 2500. The van der Waals surface area contributed by atoms with Gasteiger partial charge in [-0.15, -0.1) is 10.1 Å². The topological polar surface area (TPSA) is 245 Å². The van der Waals surface area contributed by atoms with Crippen LogP contribution in [0.4, 0.5) is 0 Å². The first-order valence-corrected chi connectivity index (χ1v) is 23.5. The molecule has 372 valence electrons. The second kappa shape index (κ2) is 24.1. The molecule has 2 aliphatic rings. The number of hydroxylamine groups is 2. The smallest absolute Gasteiger partial charge is 0.459 e. The number of H-pyrrole nitrogens is 1. The highest BCUT2D eigenvalue weighted by atomic mass is 31.2. The fourth-order valence-corrected chi connectivity index (χ4v) is 8.24. The van der Waals surface area contributed by atoms with Crippen molar-refractivity contribution < 1.29 is 75.6 Å². The largest absolute Gasteiger partial charge is 0.530 e. The van der Waals surface area contributed by atoms with E-state index in [4.69, 9.17) is 51.9 Å². The van der Waals surface area contributed by atoms with Crippen molar-refractivity contribution in [2.75, 3.05) is 40.1 Å². The highest BCUT2D eigenvalue weighted by Gasteiger charge is 2.54. The molecule has 0 radical (unpaired) electrons. The van der Waals surface area contributed by atoms with Crippen LogP contribution in [-0.4, -0.2) is 108 Å². The van der Waals surface area contributed by atoms with Crippen LogP contribution in [0.1, 0.15) is 85.9 Å². The zero-order valence-corrected chi connectivity index (χ0v) is 39.7. The monoisotopic (exact) mass is 981 g/mol. The van der Waals surface area contributed by atoms with Crippen molar-refractivity contribution in [2.45, 2.75) is 95.7 Å². The molecule has 5 unspecified atom stereocenters. The second-order valence-corrected chi connectivity index (χ2v) is 18.5. The first-order valence-electron chi connectivity index (χ1n) is 22.0. The number of nitrogens with zero attached hydrogens (tertiary/aromatic N) is 2. The third-order valence-electron chi connectivity index (χ3n) is 10.7. The van der Waals surface area contributed by atoms with Gasteiger partial charge in [-0.05, 0) is 82.5 Å². The Morgan fingerprint density at radius 3 is 1.99 bits per heavy atom. The Balaban J connectivity index is 1.28. The summed E-state index contributed by atoms with van der Waals surface area (Å²) in [7, 11) is -3.31. The summed E-state index contributed by atoms with van der Waals surface area (Å²) in [4.78, 5) is 88.5. The van der Waals surface area contributed by atoms with Crippen LogP contribution in [-0.2, 0) is 68.1 Å². The van der Waals surface area contributed by atoms with Gasteiger partial charge < -0.3 is 32.9 Å². The van der Waals surface area contributed by atoms with E-state index in [-0.39, 0.29) is 49.5 Å². The van der Waals surface area contributed by atoms with Crippen LogP contribution in [0.25, 0.3) is 0 Å². The van der Waals surface area contributed by atoms with Gasteiger partial charge in [0, 0.05) is 38.8 Å². The molecule has 22 heteroatoms. The number of carbonyl (C=O) groups excluding carboxylic acids is 4. The van der Waals surface area contributed by atoms with Crippen LogP contribution < -0.4 is 15.8 Å². The van der Waals surface area contributed by atoms with E-state index in [9.17, 15) is 28.8 Å². The number of aromatic amines is 1. The van der Waals surface area contributed by atoms with Crippen molar-refractivity contribution in [3.63, 3.8) is 0 Å². The molecule has 69 heavy (non-hydrogen) atoms. The van der Waals surface area contributed by atoms with Gasteiger partial charge in [-0.1, -0.05) is 48.5 Å². The lowest BCUT2D eigenvalue weighted by atomic mass is 10.0. The molecule has 0 saturated carbocycles. The molecule has 1 N–H and O–H groups in total. The number of methoxy groups -OCH3 is 1. The van der Waals surface area contributed by atoms with Crippen LogP contribution in [0.2, 0.25) is 0 Å². The number of esters is 2. The molecule has 5 atom stereocenters. The number of hydrogen-bond acceptors (Lipinski definition) is 18. The van der Waals surface area contributed by atoms with Gasteiger partial charge in [-0.2, -0.15) is 0 Å². The van der Waals surface area contributed by atoms with E-state index in [1.54, 1.807) is 43.5 Å². The lowest BCUT2D eigenvalue weighted by Crippen LogP contribution is -2.42. The summed E-state index contributed by atoms with van der Waals surface area (Å²) in [5, 5.41) is 0.539. The van der Waals surface area contributed by atoms with Gasteiger partial charge in [0.15, 0.2) is 12.3 Å². The number of benzene rings is 3. The average molecular weight is 982 g/mol. The van der Waals surface area contributed by atoms with E-state index in [1.807, 2.05) is 27.7 Å². The molecule has 2 saturated heterocycles. The molecular weight excluding hydrogens is 925 g/mol. The molecule has 21 nitrogen and oxygen atoms in total. The van der Waals surface area contributed by atoms with Crippen molar-refractivity contribution in [3.05, 3.63) is 135 Å². The summed E-state index contributed by atoms with van der Waals surface area (Å²) in [6.07, 6.45) is -4.07. The van der Waals surface area contributed by atoms with E-state index in [0.29, 0.717) is 36.7 Å². The molecular formula is C47H56N3O18P. The van der Waals surface area contributed by atoms with Crippen molar-refractivity contribution in [1.82, 2.24) is 14.6 Å². The number of phosphoric ester groups is 1. The van der Waals surface area contributed by atoms with Gasteiger partial charge in [0.25, 0.3) is 17.4 Å². The predicted octanol–water partition coefficient (Wildman–Crippen LogP) is 5.63. The fourth-order valence-electron chi connectivity index (χ4n) is 6.85. The maximum atomic E-state index is 15.2. The van der Waals surface area contributed by atoms with E-state index in [1.165, 1.54) is 48.5 Å². The van der Waals surface area contributed by atoms with Crippen molar-refractivity contribution >= 4 is 31.6 Å². The number of carbonyl (C=O) groups is 4. The number of hydrogen-bond donors (Lipinski definition) is 1. The van der Waals surface area contributed by atoms with Gasteiger partial charge in [-0.25, -0.2) is 23.8 Å². The highest BCUT2D eigenvalue weighted by molar-refractivity contribution is 7.49. The average Bonchev–Trinajstić information content (AvgIpc) is 3.82. The summed E-state index contributed by atoms with van der Waals surface area (Å²) >= 11 is 0. The van der Waals surface area contributed by atoms with E-state index in [0.717, 1.165) is 16.8 Å². The molecule has 1 aromatic heterocycles. The van der Waals surface area contributed by atoms with E-state index >= 15 is 4.57 Å². The minimum atomic E-state index is -4.94. The predicted molar refractivity (Wildman–Crippen MR) is 241 cm³/mol. The molecule has 0 spiro atoms. The Kier molecular flexibility index (Phi) is 18.3. The summed E-state index contributed by atoms with van der Waals surface area (Å²) in [5.41, 5.74) is -2.12. The second-order valence-electron chi connectivity index (χ2n) is 17.0. The van der Waals surface area contributed by atoms with Gasteiger partial charge >= 0.3 is 25.5 Å². The van der Waals surface area contributed by atoms with E-state index < -0.39 is 85.2 Å². The zero-order valence-electron chi connectivity index (χ0n) is 38.8. The lowest BCUT2D eigenvalue weighted by molar-refractivity contribution is -0.400. The Labute approximate surface area is 397 Å². The molecule has 0 bridgehead atoms. The quantitative estimate of drug-likeness (QED) is 0.0200. The molecule has 0 aliphatic carbocycles. The normalized spacial score (nSPS) is 19.3. The third kappa shape index (κ3) is 15.3. The van der Waals surface area contributed by atoms with Crippen LogP contribution in [0, 0.1) is 0 Å². The standard InChI is InChI=1S/C47H56N3O18P/c1-46(2,23-26-58-5)60-27-24-47(3,4)61-28-29-63-69(57,66-35-18-16-32(17-19-35)30-62-68-50-38(52)20-21-39(50)53)67-40-36(31-59-43(54)33-12-8-6-9-13-33)64-42(49-25-22-37(51)48-45(49)56)41(40)65-44(55)34-14-10-7-11-15-34/h6-19,22,25,36,40-42H,20-21,23-24,26-31H2,1-5H3,(H,48,51,56). The van der Waals surface area contributed by atoms with Crippen molar-refractivity contribution in [2.24, 2.45) is 0 Å². The van der Waals surface area contributed by atoms with Gasteiger partial charge in [0.1, 0.15) is 31.2 Å². The molecule has 2 amide bonds. The van der Waals surface area contributed by atoms with Crippen LogP contribution in [0.15, 0.2) is 107 Å². The molecule has 4 aromatic rings. The summed E-state index contributed by atoms with van der Waals surface area (Å²) in [6, 6.07) is 22.7. The minimum Gasteiger partial charge on any atom is -0.459 e. The Hall–Kier alpha value is -5.87. The maximum Gasteiger partial charge on any atom is 0.530 e. The lowest BCUT2D eigenvalue weighted by Gasteiger charge is -2.30. The summed E-state index contributed by atoms with van der Waals surface area (Å²) < 4.78 is 69.7. The molecule has 2 fully saturated rings. The number of nitrogens with one attached hydrogen (secondary N) is 1. The number of ether oxygens (including phenoxy) is 6. The number of amides is 2. The summed E-state index contributed by atoms with van der Waals surface area (Å²) in [6.45, 7) is 7.20. The van der Waals surface area contributed by atoms with Gasteiger partial charge in [-0.3, -0.25) is 33.0 Å². The van der Waals surface area contributed by atoms with Crippen LogP contribution in [0.5, 0.6) is 5.75 Å². The third-order valence-corrected chi connectivity index (χ3v) is 12.2. The van der Waals surface area contributed by atoms with Gasteiger partial charge in [0.05, 0.1) is 42.1 Å². The number of rotatable bonds is 26. The first-order chi connectivity index (χ1) is 32.9. The molecule has 6 rings (SSSR count). The molecule has 2 aliphatic heterocycles. The maximum absolute atomic E-state index is 15.2. The molecule has 3 aromatic carbocycles. The summed E-state index contributed by atoms with van der Waals surface area (Å²) in [5.74, 6) is -2.81. The minimum absolute atomic E-state index is 0.000523. The Morgan fingerprint density at radius 2 is 1.36 bits per heavy atom. The van der Waals surface area contributed by atoms with Crippen LogP contribution >= 0.6 is 7.82 Å². The van der Waals surface area contributed by atoms with Crippen molar-refractivity contribution in [1.29, 1.82) is 0 Å². The SMILES string of the molecule is COCCC(C)(C)OCCC(C)(C)OCCOP(=O)(Oc1ccc(COON2C(=O)CCC2=O)cc1)OC1C(COC(=O)c2ccccc2)OC(n2ccc(=O)[nH]c2=O)C1OC(=O)c1ccccc1. The number of phosphoric acid groups is 1.